The molecule has 3 rings (SSSR count). The Morgan fingerprint density at radius 3 is 2.89 bits per heavy atom. The van der Waals surface area contributed by atoms with Crippen LogP contribution in [0.2, 0.25) is 0 Å². The van der Waals surface area contributed by atoms with E-state index in [0.29, 0.717) is 25.4 Å². The summed E-state index contributed by atoms with van der Waals surface area (Å²) in [5.41, 5.74) is 0.802. The molecule has 1 unspecified atom stereocenters. The van der Waals surface area contributed by atoms with Crippen LogP contribution in [0, 0.1) is 0 Å². The fraction of sp³-hybridized carbons (Fsp3) is 0.308. The molecule has 0 radical (unpaired) electrons. The third kappa shape index (κ3) is 2.17. The highest BCUT2D eigenvalue weighted by Gasteiger charge is 2.16. The summed E-state index contributed by atoms with van der Waals surface area (Å²) in [6.07, 6.45) is 3.26. The van der Waals surface area contributed by atoms with Crippen LogP contribution in [0.3, 0.4) is 0 Å². The van der Waals surface area contributed by atoms with Crippen molar-refractivity contribution in [1.82, 2.24) is 9.97 Å². The van der Waals surface area contributed by atoms with Gasteiger partial charge in [0.1, 0.15) is 19.0 Å². The first kappa shape index (κ1) is 11.1. The van der Waals surface area contributed by atoms with Crippen molar-refractivity contribution in [3.8, 4) is 11.5 Å². The summed E-state index contributed by atoms with van der Waals surface area (Å²) in [5, 5.41) is 10.1. The maximum Gasteiger partial charge on any atom is 0.161 e. The topological polar surface area (TPSA) is 67.4 Å². The Hall–Kier alpha value is -2.01. The van der Waals surface area contributed by atoms with Crippen molar-refractivity contribution < 1.29 is 14.6 Å². The number of aliphatic hydroxyl groups excluding tert-OH is 1. The molecular formula is C13H14N2O3. The number of aromatic nitrogens is 2. The zero-order chi connectivity index (χ0) is 12.4. The lowest BCUT2D eigenvalue weighted by Crippen LogP contribution is -2.15. The number of aromatic amines is 1. The second-order valence-electron chi connectivity index (χ2n) is 4.16. The molecule has 1 atom stereocenters. The quantitative estimate of drug-likeness (QED) is 0.860. The highest BCUT2D eigenvalue weighted by Crippen LogP contribution is 2.33. The first-order valence-electron chi connectivity index (χ1n) is 5.89. The number of hydrogen-bond donors (Lipinski definition) is 2. The number of rotatable bonds is 3. The molecule has 5 heteroatoms. The summed E-state index contributed by atoms with van der Waals surface area (Å²) in [6, 6.07) is 5.50. The first-order chi connectivity index (χ1) is 8.83. The van der Waals surface area contributed by atoms with Crippen LogP contribution in [0.4, 0.5) is 0 Å². The second-order valence-corrected chi connectivity index (χ2v) is 4.16. The molecule has 5 nitrogen and oxygen atoms in total. The highest BCUT2D eigenvalue weighted by molar-refractivity contribution is 5.44. The molecule has 2 N–H and O–H groups in total. The van der Waals surface area contributed by atoms with E-state index in [1.165, 1.54) is 0 Å². The normalized spacial score (nSPS) is 15.4. The van der Waals surface area contributed by atoms with E-state index in [0.717, 1.165) is 17.1 Å². The smallest absolute Gasteiger partial charge is 0.161 e. The van der Waals surface area contributed by atoms with E-state index >= 15 is 0 Å². The predicted octanol–water partition coefficient (Wildman–Crippen LogP) is 1.46. The van der Waals surface area contributed by atoms with Crippen LogP contribution in [0.25, 0.3) is 0 Å². The van der Waals surface area contributed by atoms with Gasteiger partial charge < -0.3 is 19.6 Å². The number of ether oxygens (including phenoxy) is 2. The van der Waals surface area contributed by atoms with Gasteiger partial charge in [0.05, 0.1) is 6.10 Å². The summed E-state index contributed by atoms with van der Waals surface area (Å²) in [5.74, 6) is 2.19. The van der Waals surface area contributed by atoms with E-state index in [4.69, 9.17) is 9.47 Å². The number of benzene rings is 1. The Labute approximate surface area is 104 Å². The third-order valence-corrected chi connectivity index (χ3v) is 2.89. The Kier molecular flexibility index (Phi) is 2.90. The summed E-state index contributed by atoms with van der Waals surface area (Å²) in [4.78, 5) is 7.07. The fourth-order valence-electron chi connectivity index (χ4n) is 1.98. The molecular weight excluding hydrogens is 232 g/mol. The van der Waals surface area contributed by atoms with Crippen molar-refractivity contribution >= 4 is 0 Å². The Bertz CT molecular complexity index is 525. The van der Waals surface area contributed by atoms with Crippen molar-refractivity contribution in [2.75, 3.05) is 13.2 Å². The summed E-state index contributed by atoms with van der Waals surface area (Å²) < 4.78 is 10.9. The van der Waals surface area contributed by atoms with Crippen molar-refractivity contribution in [1.29, 1.82) is 0 Å². The molecule has 0 aliphatic carbocycles. The van der Waals surface area contributed by atoms with Gasteiger partial charge in [0.2, 0.25) is 0 Å². The van der Waals surface area contributed by atoms with Gasteiger partial charge in [-0.2, -0.15) is 0 Å². The molecule has 18 heavy (non-hydrogen) atoms. The van der Waals surface area contributed by atoms with Gasteiger partial charge >= 0.3 is 0 Å². The standard InChI is InChI=1S/C13H14N2O3/c16-10(8-13-14-3-4-15-13)9-1-2-11-12(7-9)18-6-5-17-11/h1-4,7,10,16H,5-6,8H2,(H,14,15). The molecule has 0 saturated carbocycles. The molecule has 0 saturated heterocycles. The molecule has 1 aromatic heterocycles. The first-order valence-corrected chi connectivity index (χ1v) is 5.89. The maximum atomic E-state index is 10.1. The SMILES string of the molecule is OC(Cc1ncc[nH]1)c1ccc2c(c1)OCCO2. The van der Waals surface area contributed by atoms with Crippen molar-refractivity contribution in [3.05, 3.63) is 42.0 Å². The fourth-order valence-corrected chi connectivity index (χ4v) is 1.98. The lowest BCUT2D eigenvalue weighted by atomic mass is 10.1. The van der Waals surface area contributed by atoms with E-state index in [2.05, 4.69) is 9.97 Å². The Morgan fingerprint density at radius 2 is 2.11 bits per heavy atom. The van der Waals surface area contributed by atoms with Crippen molar-refractivity contribution in [3.63, 3.8) is 0 Å². The van der Waals surface area contributed by atoms with Crippen LogP contribution in [0.15, 0.2) is 30.6 Å². The van der Waals surface area contributed by atoms with E-state index < -0.39 is 6.10 Å². The van der Waals surface area contributed by atoms with Crippen LogP contribution in [-0.4, -0.2) is 28.3 Å². The van der Waals surface area contributed by atoms with Gasteiger partial charge in [0.15, 0.2) is 11.5 Å². The van der Waals surface area contributed by atoms with Gasteiger partial charge in [-0.25, -0.2) is 4.98 Å². The van der Waals surface area contributed by atoms with E-state index in [1.54, 1.807) is 12.4 Å². The molecule has 0 bridgehead atoms. The zero-order valence-corrected chi connectivity index (χ0v) is 9.80. The molecule has 1 aliphatic heterocycles. The highest BCUT2D eigenvalue weighted by atomic mass is 16.6. The molecule has 1 aromatic carbocycles. The zero-order valence-electron chi connectivity index (χ0n) is 9.80. The lowest BCUT2D eigenvalue weighted by molar-refractivity contribution is 0.163. The largest absolute Gasteiger partial charge is 0.486 e. The number of fused-ring (bicyclic) bond motifs is 1. The number of hydrogen-bond acceptors (Lipinski definition) is 4. The summed E-state index contributed by atoms with van der Waals surface area (Å²) in [6.45, 7) is 1.12. The minimum atomic E-state index is -0.605. The number of nitrogens with zero attached hydrogens (tertiary/aromatic N) is 1. The molecule has 0 amide bonds. The monoisotopic (exact) mass is 246 g/mol. The van der Waals surface area contributed by atoms with Gasteiger partial charge in [0.25, 0.3) is 0 Å². The second kappa shape index (κ2) is 4.70. The molecule has 0 fully saturated rings. The molecule has 1 aliphatic rings. The average Bonchev–Trinajstić information content (AvgIpc) is 2.91. The van der Waals surface area contributed by atoms with Crippen molar-refractivity contribution in [2.24, 2.45) is 0 Å². The number of aliphatic hydroxyl groups is 1. The van der Waals surface area contributed by atoms with E-state index in [1.807, 2.05) is 18.2 Å². The van der Waals surface area contributed by atoms with Gasteiger partial charge in [-0.3, -0.25) is 0 Å². The average molecular weight is 246 g/mol. The van der Waals surface area contributed by atoms with Gasteiger partial charge in [0, 0.05) is 18.8 Å². The minimum absolute atomic E-state index is 0.451. The molecule has 94 valence electrons. The lowest BCUT2D eigenvalue weighted by Gasteiger charge is -2.20. The van der Waals surface area contributed by atoms with Crippen molar-refractivity contribution in [2.45, 2.75) is 12.5 Å². The summed E-state index contributed by atoms with van der Waals surface area (Å²) in [7, 11) is 0. The van der Waals surface area contributed by atoms with Gasteiger partial charge in [-0.1, -0.05) is 6.07 Å². The number of nitrogens with one attached hydrogen (secondary N) is 1. The molecule has 0 spiro atoms. The van der Waals surface area contributed by atoms with Crippen LogP contribution in [0.1, 0.15) is 17.5 Å². The van der Waals surface area contributed by atoms with Crippen LogP contribution in [0.5, 0.6) is 11.5 Å². The van der Waals surface area contributed by atoms with Crippen LogP contribution < -0.4 is 9.47 Å². The predicted molar refractivity (Wildman–Crippen MR) is 64.7 cm³/mol. The Morgan fingerprint density at radius 1 is 1.28 bits per heavy atom. The van der Waals surface area contributed by atoms with Gasteiger partial charge in [-0.15, -0.1) is 0 Å². The minimum Gasteiger partial charge on any atom is -0.486 e. The number of imidazole rings is 1. The van der Waals surface area contributed by atoms with Crippen LogP contribution >= 0.6 is 0 Å². The third-order valence-electron chi connectivity index (χ3n) is 2.89. The van der Waals surface area contributed by atoms with Gasteiger partial charge in [-0.05, 0) is 17.7 Å². The molecule has 2 heterocycles. The Balaban J connectivity index is 1.79. The van der Waals surface area contributed by atoms with E-state index in [-0.39, 0.29) is 0 Å². The maximum absolute atomic E-state index is 10.1. The summed E-state index contributed by atoms with van der Waals surface area (Å²) >= 11 is 0. The molecule has 2 aromatic rings. The number of H-pyrrole nitrogens is 1. The van der Waals surface area contributed by atoms with Crippen LogP contribution in [-0.2, 0) is 6.42 Å². The van der Waals surface area contributed by atoms with E-state index in [9.17, 15) is 5.11 Å².